The van der Waals surface area contributed by atoms with Gasteiger partial charge in [-0.1, -0.05) is 23.2 Å². The summed E-state index contributed by atoms with van der Waals surface area (Å²) in [5, 5.41) is 5.27. The molecule has 0 unspecified atom stereocenters. The van der Waals surface area contributed by atoms with Gasteiger partial charge in [0.1, 0.15) is 0 Å². The summed E-state index contributed by atoms with van der Waals surface area (Å²) >= 11 is 18.4. The van der Waals surface area contributed by atoms with Gasteiger partial charge in [-0.15, -0.1) is 11.6 Å². The third-order valence-corrected chi connectivity index (χ3v) is 4.65. The summed E-state index contributed by atoms with van der Waals surface area (Å²) in [6.07, 6.45) is 2.56. The van der Waals surface area contributed by atoms with Crippen molar-refractivity contribution in [3.63, 3.8) is 0 Å². The molecule has 0 spiro atoms. The van der Waals surface area contributed by atoms with E-state index in [2.05, 4.69) is 15.1 Å². The number of fused-ring (bicyclic) bond motifs is 1. The molecule has 0 aliphatic heterocycles. The number of aryl methyl sites for hydroxylation is 1. The van der Waals surface area contributed by atoms with Crippen molar-refractivity contribution in [2.24, 2.45) is 0 Å². The lowest BCUT2D eigenvalue weighted by atomic mass is 10.1. The van der Waals surface area contributed by atoms with E-state index in [0.717, 1.165) is 5.69 Å². The van der Waals surface area contributed by atoms with Crippen LogP contribution in [-0.2, 0) is 13.0 Å². The molecule has 3 rings (SSSR count). The van der Waals surface area contributed by atoms with Gasteiger partial charge in [-0.05, 0) is 12.1 Å². The van der Waals surface area contributed by atoms with Crippen LogP contribution in [0.5, 0.6) is 11.8 Å². The second kappa shape index (κ2) is 7.64. The summed E-state index contributed by atoms with van der Waals surface area (Å²) < 4.78 is 12.2. The number of hydrogen-bond acceptors (Lipinski definition) is 5. The van der Waals surface area contributed by atoms with Crippen molar-refractivity contribution in [2.75, 3.05) is 20.1 Å². The van der Waals surface area contributed by atoms with Gasteiger partial charge in [0, 0.05) is 24.1 Å². The zero-order valence-electron chi connectivity index (χ0n) is 13.6. The van der Waals surface area contributed by atoms with Crippen molar-refractivity contribution in [3.8, 4) is 11.8 Å². The molecule has 6 nitrogen and oxygen atoms in total. The Morgan fingerprint density at radius 1 is 1.12 bits per heavy atom. The van der Waals surface area contributed by atoms with Crippen molar-refractivity contribution >= 4 is 45.8 Å². The molecule has 2 aromatic heterocycles. The summed E-state index contributed by atoms with van der Waals surface area (Å²) in [4.78, 5) is 8.89. The molecule has 0 N–H and O–H groups in total. The zero-order valence-corrected chi connectivity index (χ0v) is 15.9. The van der Waals surface area contributed by atoms with Crippen LogP contribution in [0.2, 0.25) is 10.0 Å². The first kappa shape index (κ1) is 18.0. The molecule has 0 saturated carbocycles. The van der Waals surface area contributed by atoms with Crippen LogP contribution in [0.15, 0.2) is 18.3 Å². The van der Waals surface area contributed by atoms with Crippen LogP contribution in [0.4, 0.5) is 0 Å². The van der Waals surface area contributed by atoms with Crippen LogP contribution in [0.1, 0.15) is 11.3 Å². The molecule has 0 amide bonds. The monoisotopic (exact) mass is 400 g/mol. The highest BCUT2D eigenvalue weighted by Gasteiger charge is 2.18. The lowest BCUT2D eigenvalue weighted by Crippen LogP contribution is -2.06. The largest absolute Gasteiger partial charge is 0.477 e. The molecule has 0 fully saturated rings. The van der Waals surface area contributed by atoms with Gasteiger partial charge in [-0.2, -0.15) is 5.10 Å². The normalized spacial score (nSPS) is 11.1. The summed E-state index contributed by atoms with van der Waals surface area (Å²) in [5.41, 5.74) is 2.76. The fraction of sp³-hybridized carbons (Fsp3) is 0.312. The number of halogens is 3. The number of rotatable bonds is 6. The lowest BCUT2D eigenvalue weighted by molar-refractivity contribution is 0.334. The number of methoxy groups -OCH3 is 2. The minimum absolute atomic E-state index is 0.276. The van der Waals surface area contributed by atoms with Crippen LogP contribution in [0, 0.1) is 0 Å². The van der Waals surface area contributed by atoms with Gasteiger partial charge in [0.15, 0.2) is 0 Å². The van der Waals surface area contributed by atoms with Crippen molar-refractivity contribution < 1.29 is 9.47 Å². The molecule has 0 saturated heterocycles. The second-order valence-corrected chi connectivity index (χ2v) is 6.37. The van der Waals surface area contributed by atoms with E-state index in [0.29, 0.717) is 45.5 Å². The predicted octanol–water partition coefficient (Wildman–Crippen LogP) is 3.98. The maximum atomic E-state index is 6.43. The Kier molecular flexibility index (Phi) is 5.51. The Morgan fingerprint density at radius 3 is 2.52 bits per heavy atom. The Balaban J connectivity index is 2.12. The van der Waals surface area contributed by atoms with Crippen molar-refractivity contribution in [2.45, 2.75) is 13.0 Å². The van der Waals surface area contributed by atoms with Crippen LogP contribution in [0.3, 0.4) is 0 Å². The lowest BCUT2D eigenvalue weighted by Gasteiger charge is -2.12. The van der Waals surface area contributed by atoms with Crippen LogP contribution < -0.4 is 9.47 Å². The van der Waals surface area contributed by atoms with Crippen molar-refractivity contribution in [1.29, 1.82) is 0 Å². The third kappa shape index (κ3) is 3.61. The minimum atomic E-state index is 0.276. The topological polar surface area (TPSA) is 62.1 Å². The van der Waals surface area contributed by atoms with Gasteiger partial charge in [-0.3, -0.25) is 4.68 Å². The van der Waals surface area contributed by atoms with Crippen LogP contribution in [-0.4, -0.2) is 39.8 Å². The Bertz CT molecular complexity index is 914. The fourth-order valence-corrected chi connectivity index (χ4v) is 3.08. The first-order valence-electron chi connectivity index (χ1n) is 7.42. The quantitative estimate of drug-likeness (QED) is 0.585. The highest BCUT2D eigenvalue weighted by atomic mass is 35.5. The Labute approximate surface area is 159 Å². The molecule has 0 radical (unpaired) electrons. The minimum Gasteiger partial charge on any atom is -0.477 e. The molecular weight excluding hydrogens is 387 g/mol. The van der Waals surface area contributed by atoms with E-state index in [1.54, 1.807) is 10.7 Å². The van der Waals surface area contributed by atoms with Crippen LogP contribution in [0.25, 0.3) is 11.0 Å². The summed E-state index contributed by atoms with van der Waals surface area (Å²) in [6.45, 7) is 0.391. The van der Waals surface area contributed by atoms with Gasteiger partial charge >= 0.3 is 0 Å². The van der Waals surface area contributed by atoms with Gasteiger partial charge < -0.3 is 9.47 Å². The third-order valence-electron chi connectivity index (χ3n) is 3.64. The van der Waals surface area contributed by atoms with E-state index in [1.165, 1.54) is 14.2 Å². The average molecular weight is 402 g/mol. The van der Waals surface area contributed by atoms with E-state index in [9.17, 15) is 0 Å². The van der Waals surface area contributed by atoms with Crippen LogP contribution >= 0.6 is 34.8 Å². The SMILES string of the molecule is COc1nc2cc(Cl)c(Cl)c(Cn3ccc(CCCl)n3)c2nc1OC. The van der Waals surface area contributed by atoms with Crippen molar-refractivity contribution in [3.05, 3.63) is 39.6 Å². The standard InChI is InChI=1S/C16H15Cl3N4O2/c1-24-15-16(25-2)21-14-10(13(19)11(18)7-12(14)20-15)8-23-6-4-9(22-23)3-5-17/h4,6-7H,3,5,8H2,1-2H3. The van der Waals surface area contributed by atoms with Crippen molar-refractivity contribution in [1.82, 2.24) is 19.7 Å². The van der Waals surface area contributed by atoms with Gasteiger partial charge in [0.05, 0.1) is 47.5 Å². The van der Waals surface area contributed by atoms with Gasteiger partial charge in [0.2, 0.25) is 0 Å². The smallest absolute Gasteiger partial charge is 0.278 e. The maximum absolute atomic E-state index is 6.43. The molecule has 9 heteroatoms. The van der Waals surface area contributed by atoms with E-state index >= 15 is 0 Å². The predicted molar refractivity (Wildman–Crippen MR) is 98.4 cm³/mol. The van der Waals surface area contributed by atoms with E-state index in [1.807, 2.05) is 12.3 Å². The Morgan fingerprint density at radius 2 is 1.84 bits per heavy atom. The molecule has 132 valence electrons. The number of ether oxygens (including phenoxy) is 2. The van der Waals surface area contributed by atoms with Gasteiger partial charge in [-0.25, -0.2) is 9.97 Å². The summed E-state index contributed by atoms with van der Waals surface area (Å²) in [6, 6.07) is 3.57. The molecule has 0 bridgehead atoms. The fourth-order valence-electron chi connectivity index (χ4n) is 2.47. The number of alkyl halides is 1. The molecule has 1 aromatic carbocycles. The molecule has 0 aliphatic rings. The highest BCUT2D eigenvalue weighted by molar-refractivity contribution is 6.43. The van der Waals surface area contributed by atoms with E-state index in [-0.39, 0.29) is 11.8 Å². The van der Waals surface area contributed by atoms with E-state index in [4.69, 9.17) is 44.3 Å². The highest BCUT2D eigenvalue weighted by Crippen LogP contribution is 2.35. The number of nitrogens with zero attached hydrogens (tertiary/aromatic N) is 4. The van der Waals surface area contributed by atoms with Gasteiger partial charge in [0.25, 0.3) is 11.8 Å². The average Bonchev–Trinajstić information content (AvgIpc) is 3.05. The molecule has 2 heterocycles. The Hall–Kier alpha value is -1.76. The number of hydrogen-bond donors (Lipinski definition) is 0. The molecule has 3 aromatic rings. The maximum Gasteiger partial charge on any atom is 0.278 e. The first-order valence-corrected chi connectivity index (χ1v) is 8.71. The zero-order chi connectivity index (χ0) is 18.0. The number of benzene rings is 1. The summed E-state index contributed by atoms with van der Waals surface area (Å²) in [5.74, 6) is 1.07. The molecule has 0 aliphatic carbocycles. The molecule has 0 atom stereocenters. The number of aromatic nitrogens is 4. The molecule has 25 heavy (non-hydrogen) atoms. The summed E-state index contributed by atoms with van der Waals surface area (Å²) in [7, 11) is 3.00. The molecular formula is C16H15Cl3N4O2. The van der Waals surface area contributed by atoms with E-state index < -0.39 is 0 Å². The first-order chi connectivity index (χ1) is 12.1. The second-order valence-electron chi connectivity index (χ2n) is 5.20.